The Hall–Kier alpha value is -2.14. The minimum Gasteiger partial charge on any atom is -0.452 e. The smallest absolute Gasteiger partial charge is 0.169 e. The van der Waals surface area contributed by atoms with Gasteiger partial charge in [0, 0.05) is 5.56 Å². The summed E-state index contributed by atoms with van der Waals surface area (Å²) in [5.74, 6) is 1.57. The number of nitrogens with zero attached hydrogens (tertiary/aromatic N) is 2. The molecular weight excluding hydrogens is 318 g/mol. The Morgan fingerprint density at radius 1 is 1.00 bits per heavy atom. The predicted octanol–water partition coefficient (Wildman–Crippen LogP) is 4.11. The van der Waals surface area contributed by atoms with Gasteiger partial charge in [0.15, 0.2) is 10.5 Å². The Bertz CT molecular complexity index is 680. The van der Waals surface area contributed by atoms with Crippen molar-refractivity contribution in [3.63, 3.8) is 0 Å². The zero-order valence-corrected chi connectivity index (χ0v) is 12.2. The number of furan rings is 1. The molecule has 0 spiro atoms. The molecule has 0 bridgehead atoms. The van der Waals surface area contributed by atoms with Crippen molar-refractivity contribution >= 4 is 21.6 Å². The van der Waals surface area contributed by atoms with Crippen LogP contribution < -0.4 is 5.32 Å². The molecule has 0 aliphatic rings. The molecule has 0 radical (unpaired) electrons. The first kappa shape index (κ1) is 12.9. The molecule has 20 heavy (non-hydrogen) atoms. The number of aromatic nitrogens is 2. The van der Waals surface area contributed by atoms with Gasteiger partial charge in [-0.3, -0.25) is 0 Å². The summed E-state index contributed by atoms with van der Waals surface area (Å²) in [4.78, 5) is 8.71. The van der Waals surface area contributed by atoms with E-state index in [0.717, 1.165) is 27.5 Å². The molecule has 2 aromatic heterocycles. The third-order valence-electron chi connectivity index (χ3n) is 2.78. The van der Waals surface area contributed by atoms with Crippen molar-refractivity contribution in [3.8, 4) is 11.4 Å². The summed E-state index contributed by atoms with van der Waals surface area (Å²) >= 11 is 3.27. The van der Waals surface area contributed by atoms with Crippen molar-refractivity contribution in [1.29, 1.82) is 0 Å². The van der Waals surface area contributed by atoms with E-state index in [2.05, 4.69) is 31.2 Å². The summed E-state index contributed by atoms with van der Waals surface area (Å²) < 4.78 is 6.14. The van der Waals surface area contributed by atoms with Crippen molar-refractivity contribution in [2.75, 3.05) is 5.32 Å². The van der Waals surface area contributed by atoms with Crippen molar-refractivity contribution in [2.45, 2.75) is 6.54 Å². The number of halogens is 1. The van der Waals surface area contributed by atoms with Crippen LogP contribution >= 0.6 is 15.9 Å². The van der Waals surface area contributed by atoms with E-state index >= 15 is 0 Å². The van der Waals surface area contributed by atoms with Crippen LogP contribution in [0.2, 0.25) is 0 Å². The highest BCUT2D eigenvalue weighted by Gasteiger charge is 2.02. The van der Waals surface area contributed by atoms with Crippen molar-refractivity contribution < 1.29 is 4.42 Å². The summed E-state index contributed by atoms with van der Waals surface area (Å²) in [6, 6.07) is 13.7. The summed E-state index contributed by atoms with van der Waals surface area (Å²) in [6.45, 7) is 0.597. The van der Waals surface area contributed by atoms with Gasteiger partial charge in [-0.25, -0.2) is 9.97 Å². The molecule has 1 aromatic carbocycles. The number of nitrogens with one attached hydrogen (secondary N) is 1. The zero-order valence-electron chi connectivity index (χ0n) is 10.6. The van der Waals surface area contributed by atoms with Crippen molar-refractivity contribution in [2.24, 2.45) is 0 Å². The average Bonchev–Trinajstić information content (AvgIpc) is 2.92. The lowest BCUT2D eigenvalue weighted by Gasteiger charge is -2.04. The summed E-state index contributed by atoms with van der Waals surface area (Å²) in [5, 5.41) is 3.21. The standard InChI is InChI=1S/C15H12BrN3O/c16-14-7-6-13(20-14)10-17-12-8-18-15(19-9-12)11-4-2-1-3-5-11/h1-9,17H,10H2. The van der Waals surface area contributed by atoms with Crippen LogP contribution in [0.5, 0.6) is 0 Å². The lowest BCUT2D eigenvalue weighted by Crippen LogP contribution is -2.00. The van der Waals surface area contributed by atoms with Crippen LogP contribution in [0.3, 0.4) is 0 Å². The second-order valence-corrected chi connectivity index (χ2v) is 5.00. The van der Waals surface area contributed by atoms with E-state index in [0.29, 0.717) is 6.54 Å². The Morgan fingerprint density at radius 3 is 2.40 bits per heavy atom. The number of anilines is 1. The Labute approximate surface area is 125 Å². The van der Waals surface area contributed by atoms with Gasteiger partial charge in [-0.05, 0) is 28.1 Å². The molecule has 0 saturated carbocycles. The van der Waals surface area contributed by atoms with Gasteiger partial charge in [0.25, 0.3) is 0 Å². The molecule has 3 rings (SSSR count). The maximum atomic E-state index is 5.41. The normalized spacial score (nSPS) is 10.4. The Balaban J connectivity index is 1.67. The third-order valence-corrected chi connectivity index (χ3v) is 3.21. The first-order chi connectivity index (χ1) is 9.81. The lowest BCUT2D eigenvalue weighted by atomic mass is 10.2. The first-order valence-electron chi connectivity index (χ1n) is 6.17. The number of benzene rings is 1. The molecule has 0 saturated heterocycles. The maximum absolute atomic E-state index is 5.41. The molecule has 0 aliphatic carbocycles. The SMILES string of the molecule is Brc1ccc(CNc2cnc(-c3ccccc3)nc2)o1. The second kappa shape index (κ2) is 5.88. The van der Waals surface area contributed by atoms with E-state index in [-0.39, 0.29) is 0 Å². The minimum absolute atomic E-state index is 0.597. The molecule has 5 heteroatoms. The van der Waals surface area contributed by atoms with Crippen LogP contribution in [0.15, 0.2) is 63.9 Å². The van der Waals surface area contributed by atoms with Gasteiger partial charge in [0.2, 0.25) is 0 Å². The van der Waals surface area contributed by atoms with Gasteiger partial charge in [-0.2, -0.15) is 0 Å². The zero-order chi connectivity index (χ0) is 13.8. The Kier molecular flexibility index (Phi) is 3.78. The Morgan fingerprint density at radius 2 is 1.75 bits per heavy atom. The predicted molar refractivity (Wildman–Crippen MR) is 81.2 cm³/mol. The summed E-state index contributed by atoms with van der Waals surface area (Å²) in [6.07, 6.45) is 3.54. The highest BCUT2D eigenvalue weighted by atomic mass is 79.9. The fourth-order valence-corrected chi connectivity index (χ4v) is 2.13. The highest BCUT2D eigenvalue weighted by Crippen LogP contribution is 2.17. The quantitative estimate of drug-likeness (QED) is 0.782. The molecule has 4 nitrogen and oxygen atoms in total. The monoisotopic (exact) mass is 329 g/mol. The molecule has 100 valence electrons. The van der Waals surface area contributed by atoms with Crippen LogP contribution in [0.4, 0.5) is 5.69 Å². The van der Waals surface area contributed by atoms with E-state index < -0.39 is 0 Å². The molecule has 2 heterocycles. The number of hydrogen-bond donors (Lipinski definition) is 1. The third kappa shape index (κ3) is 3.05. The van der Waals surface area contributed by atoms with Crippen LogP contribution in [0.25, 0.3) is 11.4 Å². The molecule has 0 atom stereocenters. The van der Waals surface area contributed by atoms with Gasteiger partial charge >= 0.3 is 0 Å². The second-order valence-electron chi connectivity index (χ2n) is 4.22. The van der Waals surface area contributed by atoms with Crippen LogP contribution in [0.1, 0.15) is 5.76 Å². The van der Waals surface area contributed by atoms with Gasteiger partial charge < -0.3 is 9.73 Å². The highest BCUT2D eigenvalue weighted by molar-refractivity contribution is 9.10. The first-order valence-corrected chi connectivity index (χ1v) is 6.96. The van der Waals surface area contributed by atoms with E-state index in [1.807, 2.05) is 42.5 Å². The molecule has 0 fully saturated rings. The maximum Gasteiger partial charge on any atom is 0.169 e. The van der Waals surface area contributed by atoms with Crippen LogP contribution in [0, 0.1) is 0 Å². The van der Waals surface area contributed by atoms with E-state index in [1.54, 1.807) is 12.4 Å². The average molecular weight is 330 g/mol. The van der Waals surface area contributed by atoms with Gasteiger partial charge in [0.1, 0.15) is 5.76 Å². The van der Waals surface area contributed by atoms with Crippen LogP contribution in [-0.2, 0) is 6.54 Å². The number of hydrogen-bond acceptors (Lipinski definition) is 4. The fraction of sp³-hybridized carbons (Fsp3) is 0.0667. The van der Waals surface area contributed by atoms with E-state index in [4.69, 9.17) is 4.42 Å². The van der Waals surface area contributed by atoms with Crippen molar-refractivity contribution in [3.05, 3.63) is 65.3 Å². The molecule has 0 amide bonds. The minimum atomic E-state index is 0.597. The topological polar surface area (TPSA) is 51.0 Å². The molecular formula is C15H12BrN3O. The molecule has 3 aromatic rings. The van der Waals surface area contributed by atoms with E-state index in [1.165, 1.54) is 0 Å². The lowest BCUT2D eigenvalue weighted by molar-refractivity contribution is 0.495. The molecule has 0 aliphatic heterocycles. The van der Waals surface area contributed by atoms with Crippen molar-refractivity contribution in [1.82, 2.24) is 9.97 Å². The number of rotatable bonds is 4. The van der Waals surface area contributed by atoms with E-state index in [9.17, 15) is 0 Å². The van der Waals surface area contributed by atoms with Crippen LogP contribution in [-0.4, -0.2) is 9.97 Å². The summed E-state index contributed by atoms with van der Waals surface area (Å²) in [5.41, 5.74) is 1.87. The summed E-state index contributed by atoms with van der Waals surface area (Å²) in [7, 11) is 0. The fourth-order valence-electron chi connectivity index (χ4n) is 1.79. The molecule has 0 unspecified atom stereocenters. The largest absolute Gasteiger partial charge is 0.452 e. The van der Waals surface area contributed by atoms with Gasteiger partial charge in [-0.1, -0.05) is 30.3 Å². The van der Waals surface area contributed by atoms with Gasteiger partial charge in [-0.15, -0.1) is 0 Å². The van der Waals surface area contributed by atoms with Gasteiger partial charge in [0.05, 0.1) is 24.6 Å². The molecule has 1 N–H and O–H groups in total.